The van der Waals surface area contributed by atoms with Crippen LogP contribution in [0.5, 0.6) is 5.75 Å². The Bertz CT molecular complexity index is 668. The van der Waals surface area contributed by atoms with Crippen molar-refractivity contribution in [2.75, 3.05) is 46.5 Å². The van der Waals surface area contributed by atoms with Crippen LogP contribution in [0.2, 0.25) is 0 Å². The van der Waals surface area contributed by atoms with Gasteiger partial charge in [0.2, 0.25) is 0 Å². The molecule has 8 nitrogen and oxygen atoms in total. The molecule has 0 spiro atoms. The first kappa shape index (κ1) is 19.6. The SMILES string of the molecule is CCOC(=O)N1CCN(C(=O)COC(=O)c2cc(C)ccc2OC)CC1. The molecule has 1 fully saturated rings. The summed E-state index contributed by atoms with van der Waals surface area (Å²) in [4.78, 5) is 39.2. The Morgan fingerprint density at radius 1 is 1.04 bits per heavy atom. The van der Waals surface area contributed by atoms with E-state index in [1.807, 2.05) is 13.0 Å². The summed E-state index contributed by atoms with van der Waals surface area (Å²) in [5, 5.41) is 0. The fourth-order valence-electron chi connectivity index (χ4n) is 2.63. The minimum Gasteiger partial charge on any atom is -0.496 e. The summed E-state index contributed by atoms with van der Waals surface area (Å²) in [6.45, 7) is 5.10. The van der Waals surface area contributed by atoms with E-state index in [1.54, 1.807) is 28.9 Å². The third kappa shape index (κ3) is 4.87. The highest BCUT2D eigenvalue weighted by atomic mass is 16.6. The van der Waals surface area contributed by atoms with Crippen molar-refractivity contribution in [1.82, 2.24) is 9.80 Å². The number of rotatable bonds is 5. The van der Waals surface area contributed by atoms with Gasteiger partial charge in [0.15, 0.2) is 6.61 Å². The molecule has 0 aromatic heterocycles. The zero-order valence-electron chi connectivity index (χ0n) is 15.3. The molecule has 0 saturated carbocycles. The molecule has 26 heavy (non-hydrogen) atoms. The van der Waals surface area contributed by atoms with Gasteiger partial charge in [-0.15, -0.1) is 0 Å². The highest BCUT2D eigenvalue weighted by molar-refractivity contribution is 5.94. The van der Waals surface area contributed by atoms with E-state index in [2.05, 4.69) is 0 Å². The maximum atomic E-state index is 12.2. The van der Waals surface area contributed by atoms with Gasteiger partial charge in [-0.25, -0.2) is 9.59 Å². The van der Waals surface area contributed by atoms with Gasteiger partial charge < -0.3 is 24.0 Å². The van der Waals surface area contributed by atoms with E-state index >= 15 is 0 Å². The van der Waals surface area contributed by atoms with Crippen LogP contribution in [-0.2, 0) is 14.3 Å². The van der Waals surface area contributed by atoms with Crippen LogP contribution in [0.1, 0.15) is 22.8 Å². The van der Waals surface area contributed by atoms with Crippen LogP contribution in [0.3, 0.4) is 0 Å². The molecule has 1 saturated heterocycles. The second-order valence-electron chi connectivity index (χ2n) is 5.85. The highest BCUT2D eigenvalue weighted by Gasteiger charge is 2.25. The van der Waals surface area contributed by atoms with Crippen molar-refractivity contribution in [3.63, 3.8) is 0 Å². The van der Waals surface area contributed by atoms with Gasteiger partial charge in [-0.3, -0.25) is 4.79 Å². The summed E-state index contributed by atoms with van der Waals surface area (Å²) >= 11 is 0. The Hall–Kier alpha value is -2.77. The van der Waals surface area contributed by atoms with Gasteiger partial charge >= 0.3 is 12.1 Å². The van der Waals surface area contributed by atoms with Crippen LogP contribution in [0, 0.1) is 6.92 Å². The van der Waals surface area contributed by atoms with Gasteiger partial charge in [0.25, 0.3) is 5.91 Å². The van der Waals surface area contributed by atoms with Crippen LogP contribution in [0.4, 0.5) is 4.79 Å². The average Bonchev–Trinajstić information content (AvgIpc) is 2.66. The monoisotopic (exact) mass is 364 g/mol. The Balaban J connectivity index is 1.85. The first-order valence-electron chi connectivity index (χ1n) is 8.47. The number of carbonyl (C=O) groups excluding carboxylic acids is 3. The lowest BCUT2D eigenvalue weighted by molar-refractivity contribution is -0.136. The molecule has 2 amide bonds. The molecule has 1 heterocycles. The van der Waals surface area contributed by atoms with Crippen LogP contribution >= 0.6 is 0 Å². The number of hydrogen-bond acceptors (Lipinski definition) is 6. The quantitative estimate of drug-likeness (QED) is 0.736. The molecular formula is C18H24N2O6. The Kier molecular flexibility index (Phi) is 6.82. The smallest absolute Gasteiger partial charge is 0.409 e. The molecule has 0 aliphatic carbocycles. The number of piperazine rings is 1. The number of ether oxygens (including phenoxy) is 3. The van der Waals surface area contributed by atoms with Crippen LogP contribution < -0.4 is 4.74 Å². The standard InChI is InChI=1S/C18H24N2O6/c1-4-25-18(23)20-9-7-19(8-10-20)16(21)12-26-17(22)14-11-13(2)5-6-15(14)24-3/h5-6,11H,4,7-10,12H2,1-3H3. The van der Waals surface area contributed by atoms with E-state index in [-0.39, 0.29) is 24.2 Å². The topological polar surface area (TPSA) is 85.4 Å². The second kappa shape index (κ2) is 9.07. The van der Waals surface area contributed by atoms with Crippen molar-refractivity contribution in [2.45, 2.75) is 13.8 Å². The number of carbonyl (C=O) groups is 3. The molecule has 2 rings (SSSR count). The lowest BCUT2D eigenvalue weighted by atomic mass is 10.1. The number of hydrogen-bond donors (Lipinski definition) is 0. The van der Waals surface area contributed by atoms with Gasteiger partial charge in [-0.1, -0.05) is 11.6 Å². The molecule has 0 atom stereocenters. The molecule has 1 aromatic rings. The number of aryl methyl sites for hydroxylation is 1. The Labute approximate surface area is 152 Å². The van der Waals surface area contributed by atoms with E-state index in [9.17, 15) is 14.4 Å². The number of benzene rings is 1. The first-order valence-corrected chi connectivity index (χ1v) is 8.47. The van der Waals surface area contributed by atoms with Gasteiger partial charge in [0.1, 0.15) is 11.3 Å². The molecule has 0 unspecified atom stereocenters. The predicted molar refractivity (Wildman–Crippen MR) is 93.2 cm³/mol. The largest absolute Gasteiger partial charge is 0.496 e. The molecule has 0 bridgehead atoms. The maximum Gasteiger partial charge on any atom is 0.409 e. The fraction of sp³-hybridized carbons (Fsp3) is 0.500. The van der Waals surface area contributed by atoms with E-state index < -0.39 is 5.97 Å². The zero-order chi connectivity index (χ0) is 19.1. The normalized spacial score (nSPS) is 14.0. The minimum atomic E-state index is -0.607. The Morgan fingerprint density at radius 2 is 1.69 bits per heavy atom. The molecular weight excluding hydrogens is 340 g/mol. The summed E-state index contributed by atoms with van der Waals surface area (Å²) in [7, 11) is 1.47. The number of nitrogens with zero attached hydrogens (tertiary/aromatic N) is 2. The van der Waals surface area contributed by atoms with Crippen LogP contribution in [0.15, 0.2) is 18.2 Å². The van der Waals surface area contributed by atoms with Crippen LogP contribution in [-0.4, -0.2) is 74.3 Å². The number of amides is 2. The summed E-state index contributed by atoms with van der Waals surface area (Å²) in [6, 6.07) is 5.16. The maximum absolute atomic E-state index is 12.2. The summed E-state index contributed by atoms with van der Waals surface area (Å²) in [6.07, 6.45) is -0.377. The predicted octanol–water partition coefficient (Wildman–Crippen LogP) is 1.46. The third-order valence-electron chi connectivity index (χ3n) is 4.06. The molecule has 0 N–H and O–H groups in total. The zero-order valence-corrected chi connectivity index (χ0v) is 15.3. The summed E-state index contributed by atoms with van der Waals surface area (Å²) in [5.41, 5.74) is 1.17. The first-order chi connectivity index (χ1) is 12.5. The third-order valence-corrected chi connectivity index (χ3v) is 4.06. The number of methoxy groups -OCH3 is 1. The van der Waals surface area contributed by atoms with Crippen molar-refractivity contribution >= 4 is 18.0 Å². The number of esters is 1. The van der Waals surface area contributed by atoms with Gasteiger partial charge in [0.05, 0.1) is 13.7 Å². The molecule has 0 radical (unpaired) electrons. The molecule has 1 aromatic carbocycles. The van der Waals surface area contributed by atoms with Crippen molar-refractivity contribution < 1.29 is 28.6 Å². The molecule has 8 heteroatoms. The molecule has 1 aliphatic rings. The summed E-state index contributed by atoms with van der Waals surface area (Å²) in [5.74, 6) is -0.506. The Morgan fingerprint density at radius 3 is 2.31 bits per heavy atom. The molecule has 142 valence electrons. The van der Waals surface area contributed by atoms with Crippen molar-refractivity contribution in [3.8, 4) is 5.75 Å². The lowest BCUT2D eigenvalue weighted by Gasteiger charge is -2.33. The van der Waals surface area contributed by atoms with E-state index in [1.165, 1.54) is 7.11 Å². The van der Waals surface area contributed by atoms with E-state index in [0.29, 0.717) is 38.5 Å². The second-order valence-corrected chi connectivity index (χ2v) is 5.85. The van der Waals surface area contributed by atoms with Crippen LogP contribution in [0.25, 0.3) is 0 Å². The average molecular weight is 364 g/mol. The summed E-state index contributed by atoms with van der Waals surface area (Å²) < 4.78 is 15.2. The molecule has 1 aliphatic heterocycles. The van der Waals surface area contributed by atoms with E-state index in [4.69, 9.17) is 14.2 Å². The fourth-order valence-corrected chi connectivity index (χ4v) is 2.63. The van der Waals surface area contributed by atoms with Crippen molar-refractivity contribution in [1.29, 1.82) is 0 Å². The van der Waals surface area contributed by atoms with Gasteiger partial charge in [0, 0.05) is 26.2 Å². The van der Waals surface area contributed by atoms with Gasteiger partial charge in [-0.2, -0.15) is 0 Å². The highest BCUT2D eigenvalue weighted by Crippen LogP contribution is 2.20. The lowest BCUT2D eigenvalue weighted by Crippen LogP contribution is -2.51. The van der Waals surface area contributed by atoms with Gasteiger partial charge in [-0.05, 0) is 26.0 Å². The van der Waals surface area contributed by atoms with Crippen molar-refractivity contribution in [2.24, 2.45) is 0 Å². The minimum absolute atomic E-state index is 0.285. The van der Waals surface area contributed by atoms with Crippen molar-refractivity contribution in [3.05, 3.63) is 29.3 Å². The van der Waals surface area contributed by atoms with E-state index in [0.717, 1.165) is 5.56 Å².